The molecule has 1 amide bonds. The summed E-state index contributed by atoms with van der Waals surface area (Å²) in [6.07, 6.45) is 4.12. The fourth-order valence-electron chi connectivity index (χ4n) is 3.26. The van der Waals surface area contributed by atoms with E-state index in [4.69, 9.17) is 9.52 Å². The molecule has 1 aliphatic rings. The first-order valence-corrected chi connectivity index (χ1v) is 8.80. The van der Waals surface area contributed by atoms with E-state index in [1.54, 1.807) is 0 Å². The van der Waals surface area contributed by atoms with Crippen LogP contribution in [0.25, 0.3) is 11.5 Å². The van der Waals surface area contributed by atoms with E-state index >= 15 is 0 Å². The van der Waals surface area contributed by atoms with Crippen molar-refractivity contribution >= 4 is 5.91 Å². The molecule has 2 heterocycles. The number of hydrogen-bond acceptors (Lipinski definition) is 5. The second-order valence-corrected chi connectivity index (χ2v) is 6.49. The van der Waals surface area contributed by atoms with Crippen LogP contribution >= 0.6 is 0 Å². The van der Waals surface area contributed by atoms with Crippen LogP contribution in [0.2, 0.25) is 0 Å². The van der Waals surface area contributed by atoms with Crippen LogP contribution in [0.4, 0.5) is 0 Å². The predicted molar refractivity (Wildman–Crippen MR) is 95.2 cm³/mol. The summed E-state index contributed by atoms with van der Waals surface area (Å²) < 4.78 is 5.48. The maximum Gasteiger partial charge on any atom is 0.275 e. The molecule has 0 aliphatic carbocycles. The Kier molecular flexibility index (Phi) is 5.83. The number of carbonyl (C=O) groups is 1. The number of piperidine rings is 1. The van der Waals surface area contributed by atoms with E-state index < -0.39 is 0 Å². The van der Waals surface area contributed by atoms with Gasteiger partial charge in [0.1, 0.15) is 6.26 Å². The first-order chi connectivity index (χ1) is 12.2. The Bertz CT molecular complexity index is 678. The molecule has 0 unspecified atom stereocenters. The first-order valence-electron chi connectivity index (χ1n) is 8.80. The second kappa shape index (κ2) is 8.27. The molecule has 3 rings (SSSR count). The van der Waals surface area contributed by atoms with E-state index in [-0.39, 0.29) is 12.5 Å². The van der Waals surface area contributed by atoms with Crippen LogP contribution in [-0.4, -0.2) is 65.1 Å². The van der Waals surface area contributed by atoms with Crippen molar-refractivity contribution in [1.29, 1.82) is 0 Å². The average Bonchev–Trinajstić information content (AvgIpc) is 3.16. The van der Waals surface area contributed by atoms with Crippen molar-refractivity contribution in [2.24, 2.45) is 0 Å². The van der Waals surface area contributed by atoms with Crippen molar-refractivity contribution in [2.75, 3.05) is 33.3 Å². The zero-order valence-corrected chi connectivity index (χ0v) is 14.6. The Balaban J connectivity index is 1.57. The molecule has 25 heavy (non-hydrogen) atoms. The van der Waals surface area contributed by atoms with Gasteiger partial charge < -0.3 is 19.3 Å². The number of aliphatic hydroxyl groups excluding tert-OH is 1. The average molecular weight is 343 g/mol. The van der Waals surface area contributed by atoms with Crippen molar-refractivity contribution in [3.05, 3.63) is 42.3 Å². The number of benzene rings is 1. The molecule has 1 fully saturated rings. The molecule has 6 nitrogen and oxygen atoms in total. The molecule has 134 valence electrons. The lowest BCUT2D eigenvalue weighted by Gasteiger charge is -2.36. The highest BCUT2D eigenvalue weighted by molar-refractivity contribution is 5.92. The molecular weight excluding hydrogens is 318 g/mol. The Morgan fingerprint density at radius 2 is 2.04 bits per heavy atom. The molecule has 1 N–H and O–H groups in total. The number of amides is 1. The highest BCUT2D eigenvalue weighted by atomic mass is 16.3. The monoisotopic (exact) mass is 343 g/mol. The van der Waals surface area contributed by atoms with Crippen molar-refractivity contribution in [3.63, 3.8) is 0 Å². The summed E-state index contributed by atoms with van der Waals surface area (Å²) >= 11 is 0. The van der Waals surface area contributed by atoms with Gasteiger partial charge in [-0.15, -0.1) is 0 Å². The molecule has 1 aromatic heterocycles. The SMILES string of the molecule is CN(CCCO)C1CCN(C(=O)c2coc(-c3ccccc3)n2)CC1. The minimum Gasteiger partial charge on any atom is -0.444 e. The molecule has 1 saturated heterocycles. The van der Waals surface area contributed by atoms with Gasteiger partial charge in [0.15, 0.2) is 5.69 Å². The Morgan fingerprint density at radius 1 is 1.32 bits per heavy atom. The van der Waals surface area contributed by atoms with Crippen LogP contribution in [0.15, 0.2) is 41.0 Å². The predicted octanol–water partition coefficient (Wildman–Crippen LogP) is 2.26. The largest absolute Gasteiger partial charge is 0.444 e. The second-order valence-electron chi connectivity index (χ2n) is 6.49. The van der Waals surface area contributed by atoms with Gasteiger partial charge >= 0.3 is 0 Å². The number of likely N-dealkylation sites (tertiary alicyclic amines) is 1. The normalized spacial score (nSPS) is 15.7. The number of carbonyl (C=O) groups excluding carboxylic acids is 1. The lowest BCUT2D eigenvalue weighted by atomic mass is 10.0. The summed E-state index contributed by atoms with van der Waals surface area (Å²) in [5.41, 5.74) is 1.23. The van der Waals surface area contributed by atoms with Gasteiger partial charge in [-0.3, -0.25) is 4.79 Å². The van der Waals surface area contributed by atoms with E-state index in [9.17, 15) is 4.79 Å². The molecular formula is C19H25N3O3. The Morgan fingerprint density at radius 3 is 2.72 bits per heavy atom. The molecule has 1 aliphatic heterocycles. The Hall–Kier alpha value is -2.18. The number of aromatic nitrogens is 1. The fourth-order valence-corrected chi connectivity index (χ4v) is 3.26. The lowest BCUT2D eigenvalue weighted by Crippen LogP contribution is -2.45. The Labute approximate surface area is 148 Å². The smallest absolute Gasteiger partial charge is 0.275 e. The summed E-state index contributed by atoms with van der Waals surface area (Å²) in [7, 11) is 2.08. The van der Waals surface area contributed by atoms with Gasteiger partial charge in [0.05, 0.1) is 0 Å². The fraction of sp³-hybridized carbons (Fsp3) is 0.474. The molecule has 0 atom stereocenters. The van der Waals surface area contributed by atoms with E-state index in [0.717, 1.165) is 44.5 Å². The van der Waals surface area contributed by atoms with Crippen LogP contribution in [-0.2, 0) is 0 Å². The topological polar surface area (TPSA) is 69.8 Å². The van der Waals surface area contributed by atoms with Crippen molar-refractivity contribution in [3.8, 4) is 11.5 Å². The van der Waals surface area contributed by atoms with Crippen molar-refractivity contribution in [1.82, 2.24) is 14.8 Å². The highest BCUT2D eigenvalue weighted by Crippen LogP contribution is 2.21. The van der Waals surface area contributed by atoms with Crippen LogP contribution in [0.1, 0.15) is 29.8 Å². The van der Waals surface area contributed by atoms with E-state index in [1.807, 2.05) is 35.2 Å². The molecule has 0 bridgehead atoms. The zero-order chi connectivity index (χ0) is 17.6. The van der Waals surface area contributed by atoms with Crippen molar-refractivity contribution in [2.45, 2.75) is 25.3 Å². The summed E-state index contributed by atoms with van der Waals surface area (Å²) in [4.78, 5) is 21.1. The number of nitrogens with zero attached hydrogens (tertiary/aromatic N) is 3. The number of aliphatic hydroxyl groups is 1. The molecule has 0 radical (unpaired) electrons. The third kappa shape index (κ3) is 4.27. The standard InChI is InChI=1S/C19H25N3O3/c1-21(10-5-13-23)16-8-11-22(12-9-16)19(24)17-14-25-18(20-17)15-6-3-2-4-7-15/h2-4,6-7,14,16,23H,5,8-13H2,1H3. The van der Waals surface area contributed by atoms with Crippen LogP contribution in [0.3, 0.4) is 0 Å². The number of rotatable bonds is 6. The van der Waals surface area contributed by atoms with Gasteiger partial charge in [-0.25, -0.2) is 4.98 Å². The lowest BCUT2D eigenvalue weighted by molar-refractivity contribution is 0.0635. The van der Waals surface area contributed by atoms with E-state index in [0.29, 0.717) is 17.6 Å². The molecule has 0 spiro atoms. The van der Waals surface area contributed by atoms with E-state index in [2.05, 4.69) is 16.9 Å². The van der Waals surface area contributed by atoms with Gasteiger partial charge in [-0.2, -0.15) is 0 Å². The summed E-state index contributed by atoms with van der Waals surface area (Å²) in [6.45, 7) is 2.55. The van der Waals surface area contributed by atoms with Gasteiger partial charge in [0.2, 0.25) is 5.89 Å². The maximum atomic E-state index is 12.6. The van der Waals surface area contributed by atoms with Crippen LogP contribution in [0, 0.1) is 0 Å². The molecule has 0 saturated carbocycles. The summed E-state index contributed by atoms with van der Waals surface area (Å²) in [5.74, 6) is 0.407. The zero-order valence-electron chi connectivity index (χ0n) is 14.6. The van der Waals surface area contributed by atoms with Gasteiger partial charge in [0, 0.05) is 37.8 Å². The molecule has 1 aromatic carbocycles. The molecule has 2 aromatic rings. The minimum absolute atomic E-state index is 0.0672. The van der Waals surface area contributed by atoms with Crippen LogP contribution in [0.5, 0.6) is 0 Å². The van der Waals surface area contributed by atoms with E-state index in [1.165, 1.54) is 6.26 Å². The quantitative estimate of drug-likeness (QED) is 0.871. The van der Waals surface area contributed by atoms with Gasteiger partial charge in [-0.05, 0) is 38.4 Å². The van der Waals surface area contributed by atoms with Gasteiger partial charge in [-0.1, -0.05) is 18.2 Å². The third-order valence-electron chi connectivity index (χ3n) is 4.79. The minimum atomic E-state index is -0.0672. The van der Waals surface area contributed by atoms with Gasteiger partial charge in [0.25, 0.3) is 5.91 Å². The summed E-state index contributed by atoms with van der Waals surface area (Å²) in [5, 5.41) is 8.94. The number of oxazole rings is 1. The number of hydrogen-bond donors (Lipinski definition) is 1. The summed E-state index contributed by atoms with van der Waals surface area (Å²) in [6, 6.07) is 10.0. The van der Waals surface area contributed by atoms with Crippen LogP contribution < -0.4 is 0 Å². The highest BCUT2D eigenvalue weighted by Gasteiger charge is 2.27. The third-order valence-corrected chi connectivity index (χ3v) is 4.79. The maximum absolute atomic E-state index is 12.6. The van der Waals surface area contributed by atoms with Crippen molar-refractivity contribution < 1.29 is 14.3 Å². The first kappa shape index (κ1) is 17.6. The molecule has 6 heteroatoms.